The van der Waals surface area contributed by atoms with Gasteiger partial charge in [0.1, 0.15) is 0 Å². The fourth-order valence-corrected chi connectivity index (χ4v) is 1.93. The molecule has 0 aliphatic rings. The molecule has 0 aliphatic heterocycles. The second-order valence-corrected chi connectivity index (χ2v) is 4.51. The first-order chi connectivity index (χ1) is 9.01. The highest BCUT2D eigenvalue weighted by molar-refractivity contribution is 5.94. The van der Waals surface area contributed by atoms with Gasteiger partial charge in [-0.05, 0) is 24.0 Å². The van der Waals surface area contributed by atoms with Crippen molar-refractivity contribution in [2.75, 3.05) is 13.7 Å². The van der Waals surface area contributed by atoms with Crippen molar-refractivity contribution in [2.45, 2.75) is 33.1 Å². The zero-order valence-electron chi connectivity index (χ0n) is 11.9. The van der Waals surface area contributed by atoms with Crippen LogP contribution in [0.3, 0.4) is 0 Å². The minimum Gasteiger partial charge on any atom is -0.469 e. The van der Waals surface area contributed by atoms with Crippen molar-refractivity contribution in [1.82, 2.24) is 0 Å². The molecule has 0 saturated heterocycles. The summed E-state index contributed by atoms with van der Waals surface area (Å²) >= 11 is 0. The fraction of sp³-hybridized carbons (Fsp3) is 0.467. The molecule has 0 fully saturated rings. The van der Waals surface area contributed by atoms with E-state index >= 15 is 0 Å². The molecule has 0 saturated carbocycles. The molecule has 4 heteroatoms. The lowest BCUT2D eigenvalue weighted by Crippen LogP contribution is -2.15. The van der Waals surface area contributed by atoms with Gasteiger partial charge >= 0.3 is 11.9 Å². The van der Waals surface area contributed by atoms with Gasteiger partial charge in [-0.3, -0.25) is 4.79 Å². The van der Waals surface area contributed by atoms with Gasteiger partial charge in [-0.25, -0.2) is 4.79 Å². The van der Waals surface area contributed by atoms with Crippen molar-refractivity contribution < 1.29 is 19.1 Å². The van der Waals surface area contributed by atoms with E-state index in [9.17, 15) is 9.59 Å². The van der Waals surface area contributed by atoms with Crippen molar-refractivity contribution >= 4 is 11.9 Å². The molecule has 0 aromatic heterocycles. The molecule has 19 heavy (non-hydrogen) atoms. The van der Waals surface area contributed by atoms with Crippen LogP contribution in [0.5, 0.6) is 0 Å². The van der Waals surface area contributed by atoms with E-state index in [0.717, 1.165) is 5.56 Å². The van der Waals surface area contributed by atoms with Crippen LogP contribution in [0.4, 0.5) is 0 Å². The average Bonchev–Trinajstić information content (AvgIpc) is 2.38. The summed E-state index contributed by atoms with van der Waals surface area (Å²) in [7, 11) is 1.33. The van der Waals surface area contributed by atoms with E-state index in [1.807, 2.05) is 26.0 Å². The number of methoxy groups -OCH3 is 1. The van der Waals surface area contributed by atoms with Gasteiger partial charge in [-0.15, -0.1) is 0 Å². The Morgan fingerprint density at radius 3 is 2.47 bits per heavy atom. The van der Waals surface area contributed by atoms with Crippen LogP contribution in [-0.2, 0) is 20.7 Å². The van der Waals surface area contributed by atoms with E-state index in [2.05, 4.69) is 4.74 Å². The molecule has 1 aromatic carbocycles. The van der Waals surface area contributed by atoms with E-state index in [4.69, 9.17) is 4.74 Å². The molecule has 0 heterocycles. The van der Waals surface area contributed by atoms with E-state index < -0.39 is 0 Å². The monoisotopic (exact) mass is 264 g/mol. The lowest BCUT2D eigenvalue weighted by molar-refractivity contribution is -0.139. The number of rotatable bonds is 5. The lowest BCUT2D eigenvalue weighted by Gasteiger charge is -2.15. The molecule has 0 radical (unpaired) electrons. The average molecular weight is 264 g/mol. The Labute approximate surface area is 113 Å². The molecule has 0 amide bonds. The SMILES string of the molecule is CCOC(=O)c1c(CC(=O)OC)cccc1C(C)C. The molecule has 4 nitrogen and oxygen atoms in total. The topological polar surface area (TPSA) is 52.6 Å². The molecule has 1 aromatic rings. The Morgan fingerprint density at radius 1 is 1.26 bits per heavy atom. The second-order valence-electron chi connectivity index (χ2n) is 4.51. The smallest absolute Gasteiger partial charge is 0.338 e. The summed E-state index contributed by atoms with van der Waals surface area (Å²) in [6.45, 7) is 6.07. The molecule has 0 spiro atoms. The predicted molar refractivity (Wildman–Crippen MR) is 72.2 cm³/mol. The molecular weight excluding hydrogens is 244 g/mol. The number of esters is 2. The Morgan fingerprint density at radius 2 is 1.95 bits per heavy atom. The van der Waals surface area contributed by atoms with Gasteiger partial charge in [0.2, 0.25) is 0 Å². The number of ether oxygens (including phenoxy) is 2. The summed E-state index contributed by atoms with van der Waals surface area (Å²) in [6, 6.07) is 5.49. The summed E-state index contributed by atoms with van der Waals surface area (Å²) in [4.78, 5) is 23.5. The molecule has 0 N–H and O–H groups in total. The van der Waals surface area contributed by atoms with Crippen LogP contribution in [0, 0.1) is 0 Å². The molecule has 0 bridgehead atoms. The lowest BCUT2D eigenvalue weighted by atomic mass is 9.92. The van der Waals surface area contributed by atoms with E-state index in [1.54, 1.807) is 13.0 Å². The summed E-state index contributed by atoms with van der Waals surface area (Å²) in [6.07, 6.45) is 0.0746. The first kappa shape index (κ1) is 15.2. The Bertz CT molecular complexity index is 463. The zero-order valence-corrected chi connectivity index (χ0v) is 11.9. The van der Waals surface area contributed by atoms with Crippen LogP contribution in [0.2, 0.25) is 0 Å². The molecule has 104 valence electrons. The van der Waals surface area contributed by atoms with E-state index in [1.165, 1.54) is 7.11 Å². The van der Waals surface area contributed by atoms with Gasteiger partial charge < -0.3 is 9.47 Å². The quantitative estimate of drug-likeness (QED) is 0.767. The van der Waals surface area contributed by atoms with Gasteiger partial charge in [0.05, 0.1) is 25.7 Å². The maximum atomic E-state index is 12.1. The van der Waals surface area contributed by atoms with Crippen molar-refractivity contribution in [3.63, 3.8) is 0 Å². The first-order valence-electron chi connectivity index (χ1n) is 6.37. The van der Waals surface area contributed by atoms with Crippen molar-refractivity contribution in [2.24, 2.45) is 0 Å². The minimum atomic E-state index is -0.384. The highest BCUT2D eigenvalue weighted by atomic mass is 16.5. The van der Waals surface area contributed by atoms with E-state index in [0.29, 0.717) is 17.7 Å². The van der Waals surface area contributed by atoms with Crippen LogP contribution in [0.25, 0.3) is 0 Å². The number of hydrogen-bond acceptors (Lipinski definition) is 4. The number of hydrogen-bond donors (Lipinski definition) is 0. The van der Waals surface area contributed by atoms with Gasteiger partial charge in [0.25, 0.3) is 0 Å². The van der Waals surface area contributed by atoms with Crippen LogP contribution in [0.1, 0.15) is 48.2 Å². The third kappa shape index (κ3) is 3.81. The Kier molecular flexibility index (Phi) is 5.55. The highest BCUT2D eigenvalue weighted by Gasteiger charge is 2.20. The Hall–Kier alpha value is -1.84. The number of benzene rings is 1. The highest BCUT2D eigenvalue weighted by Crippen LogP contribution is 2.24. The predicted octanol–water partition coefficient (Wildman–Crippen LogP) is 2.70. The molecule has 0 aliphatic carbocycles. The first-order valence-corrected chi connectivity index (χ1v) is 6.37. The van der Waals surface area contributed by atoms with Crippen LogP contribution in [-0.4, -0.2) is 25.7 Å². The number of carbonyl (C=O) groups excluding carboxylic acids is 2. The second kappa shape index (κ2) is 6.92. The van der Waals surface area contributed by atoms with Gasteiger partial charge in [0, 0.05) is 0 Å². The van der Waals surface area contributed by atoms with Crippen LogP contribution < -0.4 is 0 Å². The van der Waals surface area contributed by atoms with Gasteiger partial charge in [-0.1, -0.05) is 32.0 Å². The molecule has 0 atom stereocenters. The minimum absolute atomic E-state index is 0.0746. The maximum Gasteiger partial charge on any atom is 0.338 e. The van der Waals surface area contributed by atoms with Gasteiger partial charge in [-0.2, -0.15) is 0 Å². The fourth-order valence-electron chi connectivity index (χ4n) is 1.93. The Balaban J connectivity index is 3.25. The molecular formula is C15H20O4. The largest absolute Gasteiger partial charge is 0.469 e. The summed E-state index contributed by atoms with van der Waals surface area (Å²) < 4.78 is 9.74. The molecule has 1 rings (SSSR count). The summed E-state index contributed by atoms with van der Waals surface area (Å²) in [5, 5.41) is 0. The molecule has 0 unspecified atom stereocenters. The zero-order chi connectivity index (χ0) is 14.4. The standard InChI is InChI=1S/C15H20O4/c1-5-19-15(17)14-11(9-13(16)18-4)7-6-8-12(14)10(2)3/h6-8,10H,5,9H2,1-4H3. The third-order valence-electron chi connectivity index (χ3n) is 2.85. The van der Waals surface area contributed by atoms with Crippen LogP contribution >= 0.6 is 0 Å². The normalized spacial score (nSPS) is 10.4. The number of carbonyl (C=O) groups is 2. The van der Waals surface area contributed by atoms with Crippen molar-refractivity contribution in [1.29, 1.82) is 0 Å². The van der Waals surface area contributed by atoms with Crippen LogP contribution in [0.15, 0.2) is 18.2 Å². The van der Waals surface area contributed by atoms with Crippen molar-refractivity contribution in [3.05, 3.63) is 34.9 Å². The van der Waals surface area contributed by atoms with Gasteiger partial charge in [0.15, 0.2) is 0 Å². The van der Waals surface area contributed by atoms with E-state index in [-0.39, 0.29) is 24.3 Å². The third-order valence-corrected chi connectivity index (χ3v) is 2.85. The summed E-state index contributed by atoms with van der Waals surface area (Å²) in [5.41, 5.74) is 2.03. The maximum absolute atomic E-state index is 12.1. The summed E-state index contributed by atoms with van der Waals surface area (Å²) in [5.74, 6) is -0.575. The van der Waals surface area contributed by atoms with Crippen molar-refractivity contribution in [3.8, 4) is 0 Å².